The summed E-state index contributed by atoms with van der Waals surface area (Å²) in [5.41, 5.74) is 2.60. The molecule has 3 aromatic rings. The third-order valence-electron chi connectivity index (χ3n) is 4.46. The molecule has 1 heterocycles. The summed E-state index contributed by atoms with van der Waals surface area (Å²) in [6.07, 6.45) is 4.55. The van der Waals surface area contributed by atoms with Crippen LogP contribution in [-0.4, -0.2) is 47.2 Å². The Morgan fingerprint density at radius 3 is 2.52 bits per heavy atom. The lowest BCUT2D eigenvalue weighted by Gasteiger charge is -2.16. The van der Waals surface area contributed by atoms with Crippen molar-refractivity contribution in [2.45, 2.75) is 12.8 Å². The molecule has 3 rings (SSSR count). The van der Waals surface area contributed by atoms with Crippen molar-refractivity contribution in [3.8, 4) is 11.4 Å². The summed E-state index contributed by atoms with van der Waals surface area (Å²) < 4.78 is 6.87. The molecule has 0 bridgehead atoms. The predicted molar refractivity (Wildman–Crippen MR) is 111 cm³/mol. The smallest absolute Gasteiger partial charge is 0.243 e. The molecule has 7 nitrogen and oxygen atoms in total. The fraction of sp³-hybridized carbons (Fsp3) is 0.227. The van der Waals surface area contributed by atoms with Crippen molar-refractivity contribution in [1.82, 2.24) is 14.7 Å². The third-order valence-corrected chi connectivity index (χ3v) is 4.46. The van der Waals surface area contributed by atoms with E-state index >= 15 is 0 Å². The van der Waals surface area contributed by atoms with E-state index in [2.05, 4.69) is 10.4 Å². The van der Waals surface area contributed by atoms with Gasteiger partial charge in [-0.15, -0.1) is 0 Å². The molecule has 2 aromatic carbocycles. The minimum atomic E-state index is -0.247. The van der Waals surface area contributed by atoms with Gasteiger partial charge in [-0.3, -0.25) is 9.59 Å². The fourth-order valence-electron chi connectivity index (χ4n) is 2.83. The standard InChI is InChI=1S/C22H24N4O3/c1-25(16-21(27)24-18-9-11-20(29-2)12-10-18)22(28)13-8-17-14-23-26(15-17)19-6-4-3-5-7-19/h3-7,9-12,14-15H,8,13,16H2,1-2H3,(H,24,27). The summed E-state index contributed by atoms with van der Waals surface area (Å²) in [5, 5.41) is 7.11. The second-order valence-electron chi connectivity index (χ2n) is 6.66. The van der Waals surface area contributed by atoms with Crippen LogP contribution in [0.2, 0.25) is 0 Å². The van der Waals surface area contributed by atoms with E-state index in [4.69, 9.17) is 4.74 Å². The molecule has 0 unspecified atom stereocenters. The van der Waals surface area contributed by atoms with Crippen LogP contribution < -0.4 is 10.1 Å². The molecule has 0 aliphatic carbocycles. The van der Waals surface area contributed by atoms with E-state index in [-0.39, 0.29) is 18.4 Å². The normalized spacial score (nSPS) is 10.4. The highest BCUT2D eigenvalue weighted by atomic mass is 16.5. The number of aromatic nitrogens is 2. The van der Waals surface area contributed by atoms with Gasteiger partial charge < -0.3 is 15.0 Å². The van der Waals surface area contributed by atoms with E-state index in [0.29, 0.717) is 24.3 Å². The van der Waals surface area contributed by atoms with Crippen molar-refractivity contribution >= 4 is 17.5 Å². The zero-order chi connectivity index (χ0) is 20.6. The SMILES string of the molecule is COc1ccc(NC(=O)CN(C)C(=O)CCc2cnn(-c3ccccc3)c2)cc1. The molecule has 0 radical (unpaired) electrons. The Balaban J connectivity index is 1.46. The number of anilines is 1. The zero-order valence-corrected chi connectivity index (χ0v) is 16.5. The zero-order valence-electron chi connectivity index (χ0n) is 16.5. The second-order valence-corrected chi connectivity index (χ2v) is 6.66. The predicted octanol–water partition coefficient (Wildman–Crippen LogP) is 2.91. The van der Waals surface area contributed by atoms with Crippen LogP contribution in [0.15, 0.2) is 67.0 Å². The summed E-state index contributed by atoms with van der Waals surface area (Å²) in [5.74, 6) is 0.371. The molecule has 0 atom stereocenters. The second kappa shape index (κ2) is 9.54. The Kier molecular flexibility index (Phi) is 6.63. The van der Waals surface area contributed by atoms with Gasteiger partial charge in [0.05, 0.1) is 25.5 Å². The van der Waals surface area contributed by atoms with Gasteiger partial charge in [-0.05, 0) is 48.4 Å². The highest BCUT2D eigenvalue weighted by Gasteiger charge is 2.14. The van der Waals surface area contributed by atoms with Crippen LogP contribution in [0, 0.1) is 0 Å². The number of hydrogen-bond acceptors (Lipinski definition) is 4. The van der Waals surface area contributed by atoms with Crippen molar-refractivity contribution in [3.63, 3.8) is 0 Å². The van der Waals surface area contributed by atoms with Gasteiger partial charge in [0.25, 0.3) is 0 Å². The lowest BCUT2D eigenvalue weighted by Crippen LogP contribution is -2.35. The Labute approximate surface area is 169 Å². The molecule has 0 fully saturated rings. The molecule has 1 aromatic heterocycles. The van der Waals surface area contributed by atoms with Gasteiger partial charge in [-0.1, -0.05) is 18.2 Å². The maximum Gasteiger partial charge on any atom is 0.243 e. The lowest BCUT2D eigenvalue weighted by molar-refractivity contribution is -0.133. The molecule has 0 saturated heterocycles. The topological polar surface area (TPSA) is 76.5 Å². The number of amides is 2. The molecule has 150 valence electrons. The van der Waals surface area contributed by atoms with E-state index in [9.17, 15) is 9.59 Å². The van der Waals surface area contributed by atoms with E-state index in [1.54, 1.807) is 49.3 Å². The molecule has 7 heteroatoms. The minimum absolute atomic E-state index is 0.00581. The summed E-state index contributed by atoms with van der Waals surface area (Å²) in [6.45, 7) is -0.00581. The van der Waals surface area contributed by atoms with Gasteiger partial charge >= 0.3 is 0 Å². The van der Waals surface area contributed by atoms with Gasteiger partial charge in [-0.25, -0.2) is 4.68 Å². The lowest BCUT2D eigenvalue weighted by atomic mass is 10.2. The number of rotatable bonds is 8. The summed E-state index contributed by atoms with van der Waals surface area (Å²) in [7, 11) is 3.21. The molecule has 1 N–H and O–H groups in total. The maximum atomic E-state index is 12.4. The molecule has 29 heavy (non-hydrogen) atoms. The number of para-hydroxylation sites is 1. The number of methoxy groups -OCH3 is 1. The van der Waals surface area contributed by atoms with E-state index in [0.717, 1.165) is 11.3 Å². The minimum Gasteiger partial charge on any atom is -0.497 e. The third kappa shape index (κ3) is 5.68. The Hall–Kier alpha value is -3.61. The van der Waals surface area contributed by atoms with Crippen LogP contribution in [0.3, 0.4) is 0 Å². The number of carbonyl (C=O) groups is 2. The first-order chi connectivity index (χ1) is 14.0. The first kappa shape index (κ1) is 20.1. The van der Waals surface area contributed by atoms with E-state index < -0.39 is 0 Å². The number of likely N-dealkylation sites (N-methyl/N-ethyl adjacent to an activating group) is 1. The molecule has 0 aliphatic rings. The number of benzene rings is 2. The molecular weight excluding hydrogens is 368 g/mol. The van der Waals surface area contributed by atoms with E-state index in [1.165, 1.54) is 4.90 Å². The van der Waals surface area contributed by atoms with Crippen LogP contribution in [0.25, 0.3) is 5.69 Å². The first-order valence-corrected chi connectivity index (χ1v) is 9.32. The highest BCUT2D eigenvalue weighted by molar-refractivity contribution is 5.94. The summed E-state index contributed by atoms with van der Waals surface area (Å²) in [4.78, 5) is 26.0. The van der Waals surface area contributed by atoms with Crippen molar-refractivity contribution in [1.29, 1.82) is 0 Å². The summed E-state index contributed by atoms with van der Waals surface area (Å²) in [6, 6.07) is 16.8. The molecule has 0 aliphatic heterocycles. The fourth-order valence-corrected chi connectivity index (χ4v) is 2.83. The van der Waals surface area contributed by atoms with Gasteiger partial charge in [0.1, 0.15) is 5.75 Å². The van der Waals surface area contributed by atoms with Gasteiger partial charge in [0, 0.05) is 25.4 Å². The van der Waals surface area contributed by atoms with Crippen molar-refractivity contribution in [2.24, 2.45) is 0 Å². The van der Waals surface area contributed by atoms with Gasteiger partial charge in [0.2, 0.25) is 11.8 Å². The maximum absolute atomic E-state index is 12.4. The van der Waals surface area contributed by atoms with Gasteiger partial charge in [0.15, 0.2) is 0 Å². The molecule has 0 spiro atoms. The quantitative estimate of drug-likeness (QED) is 0.640. The Morgan fingerprint density at radius 2 is 1.83 bits per heavy atom. The molecular formula is C22H24N4O3. The van der Waals surface area contributed by atoms with Crippen LogP contribution >= 0.6 is 0 Å². The Morgan fingerprint density at radius 1 is 1.10 bits per heavy atom. The average Bonchev–Trinajstić information content (AvgIpc) is 3.22. The van der Waals surface area contributed by atoms with Crippen LogP contribution in [0.4, 0.5) is 5.69 Å². The van der Waals surface area contributed by atoms with Crippen molar-refractivity contribution in [3.05, 3.63) is 72.6 Å². The molecule has 2 amide bonds. The highest BCUT2D eigenvalue weighted by Crippen LogP contribution is 2.15. The van der Waals surface area contributed by atoms with Crippen molar-refractivity contribution < 1.29 is 14.3 Å². The Bertz CT molecular complexity index is 952. The number of nitrogens with zero attached hydrogens (tertiary/aromatic N) is 3. The number of nitrogens with one attached hydrogen (secondary N) is 1. The monoisotopic (exact) mass is 392 g/mol. The van der Waals surface area contributed by atoms with E-state index in [1.807, 2.05) is 36.5 Å². The van der Waals surface area contributed by atoms with Crippen LogP contribution in [-0.2, 0) is 16.0 Å². The summed E-state index contributed by atoms with van der Waals surface area (Å²) >= 11 is 0. The molecule has 0 saturated carbocycles. The number of hydrogen-bond donors (Lipinski definition) is 1. The number of carbonyl (C=O) groups excluding carboxylic acids is 2. The number of ether oxygens (including phenoxy) is 1. The number of aryl methyl sites for hydroxylation is 1. The first-order valence-electron chi connectivity index (χ1n) is 9.32. The largest absolute Gasteiger partial charge is 0.497 e. The van der Waals surface area contributed by atoms with Gasteiger partial charge in [-0.2, -0.15) is 5.10 Å². The van der Waals surface area contributed by atoms with Crippen LogP contribution in [0.5, 0.6) is 5.75 Å². The average molecular weight is 392 g/mol. The van der Waals surface area contributed by atoms with Crippen LogP contribution in [0.1, 0.15) is 12.0 Å². The van der Waals surface area contributed by atoms with Crippen molar-refractivity contribution in [2.75, 3.05) is 26.0 Å².